The van der Waals surface area contributed by atoms with Crippen molar-refractivity contribution >= 4 is 18.2 Å². The normalized spacial score (nSPS) is 18.6. The lowest BCUT2D eigenvalue weighted by Crippen LogP contribution is -2.17. The van der Waals surface area contributed by atoms with Gasteiger partial charge >= 0.3 is 0 Å². The van der Waals surface area contributed by atoms with Gasteiger partial charge in [-0.05, 0) is 13.8 Å². The molecule has 1 unspecified atom stereocenters. The van der Waals surface area contributed by atoms with Crippen LogP contribution in [0.25, 0.3) is 0 Å². The van der Waals surface area contributed by atoms with E-state index in [1.54, 1.807) is 6.66 Å². The van der Waals surface area contributed by atoms with Crippen LogP contribution in [0.4, 0.5) is 0 Å². The van der Waals surface area contributed by atoms with Crippen LogP contribution in [0, 0.1) is 0 Å². The fourth-order valence-corrected chi connectivity index (χ4v) is 2.07. The Balaban J connectivity index is 3.56. The van der Waals surface area contributed by atoms with E-state index in [2.05, 4.69) is 5.09 Å². The molecule has 2 nitrogen and oxygen atoms in total. The quantitative estimate of drug-likeness (QED) is 0.578. The van der Waals surface area contributed by atoms with Crippen molar-refractivity contribution in [1.82, 2.24) is 5.09 Å². The summed E-state index contributed by atoms with van der Waals surface area (Å²) in [6.07, 6.45) is -2.14. The predicted octanol–water partition coefficient (Wildman–Crippen LogP) is 0.916. The second-order valence-corrected chi connectivity index (χ2v) is 6.31. The SMILES string of the molecule is CC(C)NP(C)(O)=S. The Morgan fingerprint density at radius 2 is 2.00 bits per heavy atom. The van der Waals surface area contributed by atoms with E-state index in [0.29, 0.717) is 0 Å². The maximum Gasteiger partial charge on any atom is 0.124 e. The summed E-state index contributed by atoms with van der Waals surface area (Å²) in [5, 5.41) is 2.86. The molecule has 0 heterocycles. The van der Waals surface area contributed by atoms with Crippen LogP contribution in [0.2, 0.25) is 0 Å². The van der Waals surface area contributed by atoms with Gasteiger partial charge in [-0.15, -0.1) is 0 Å². The Morgan fingerprint density at radius 1 is 1.62 bits per heavy atom. The molecule has 0 fully saturated rings. The summed E-state index contributed by atoms with van der Waals surface area (Å²) < 4.78 is 0. The monoisotopic (exact) mass is 153 g/mol. The molecule has 8 heavy (non-hydrogen) atoms. The summed E-state index contributed by atoms with van der Waals surface area (Å²) in [6, 6.07) is 0.288. The van der Waals surface area contributed by atoms with Gasteiger partial charge in [-0.2, -0.15) is 0 Å². The van der Waals surface area contributed by atoms with Crippen LogP contribution in [-0.4, -0.2) is 17.6 Å². The van der Waals surface area contributed by atoms with Crippen molar-refractivity contribution in [1.29, 1.82) is 0 Å². The van der Waals surface area contributed by atoms with E-state index < -0.39 is 6.42 Å². The highest BCUT2D eigenvalue weighted by Crippen LogP contribution is 2.29. The third-order valence-electron chi connectivity index (χ3n) is 0.498. The molecular formula is C4H12NOPS. The molecule has 0 rings (SSSR count). The van der Waals surface area contributed by atoms with E-state index in [-0.39, 0.29) is 6.04 Å². The number of nitrogens with one attached hydrogen (secondary N) is 1. The third-order valence-corrected chi connectivity index (χ3v) is 1.81. The number of hydrogen-bond donors (Lipinski definition) is 2. The summed E-state index contributed by atoms with van der Waals surface area (Å²) in [5.41, 5.74) is 0. The summed E-state index contributed by atoms with van der Waals surface area (Å²) in [4.78, 5) is 9.00. The highest BCUT2D eigenvalue weighted by atomic mass is 32.4. The minimum Gasteiger partial charge on any atom is -0.354 e. The van der Waals surface area contributed by atoms with E-state index in [9.17, 15) is 0 Å². The first-order valence-electron chi connectivity index (χ1n) is 2.50. The van der Waals surface area contributed by atoms with Crippen LogP contribution in [-0.2, 0) is 11.8 Å². The Bertz CT molecular complexity index is 109. The summed E-state index contributed by atoms with van der Waals surface area (Å²) in [5.74, 6) is 0. The van der Waals surface area contributed by atoms with Crippen LogP contribution >= 0.6 is 6.42 Å². The zero-order chi connectivity index (χ0) is 6.78. The molecular weight excluding hydrogens is 141 g/mol. The fourth-order valence-electron chi connectivity index (χ4n) is 0.479. The first-order chi connectivity index (χ1) is 3.42. The molecule has 4 heteroatoms. The van der Waals surface area contributed by atoms with Crippen molar-refractivity contribution in [3.05, 3.63) is 0 Å². The second-order valence-electron chi connectivity index (χ2n) is 2.16. The van der Waals surface area contributed by atoms with Crippen LogP contribution in [0.15, 0.2) is 0 Å². The average molecular weight is 153 g/mol. The van der Waals surface area contributed by atoms with Crippen molar-refractivity contribution in [3.8, 4) is 0 Å². The molecule has 0 aliphatic heterocycles. The zero-order valence-electron chi connectivity index (χ0n) is 5.38. The zero-order valence-corrected chi connectivity index (χ0v) is 7.09. The fraction of sp³-hybridized carbons (Fsp3) is 1.00. The van der Waals surface area contributed by atoms with Gasteiger partial charge in [-0.3, -0.25) is 5.09 Å². The lowest BCUT2D eigenvalue weighted by molar-refractivity contribution is 0.592. The maximum atomic E-state index is 9.00. The van der Waals surface area contributed by atoms with Gasteiger partial charge < -0.3 is 4.89 Å². The largest absolute Gasteiger partial charge is 0.354 e. The van der Waals surface area contributed by atoms with Crippen LogP contribution < -0.4 is 5.09 Å². The van der Waals surface area contributed by atoms with Gasteiger partial charge in [-0.1, -0.05) is 11.8 Å². The van der Waals surface area contributed by atoms with Crippen molar-refractivity contribution in [2.75, 3.05) is 6.66 Å². The lowest BCUT2D eigenvalue weighted by atomic mass is 10.4. The Kier molecular flexibility index (Phi) is 3.13. The molecule has 0 amide bonds. The Hall–Kier alpha value is 0.570. The van der Waals surface area contributed by atoms with Gasteiger partial charge in [0.1, 0.15) is 6.42 Å². The van der Waals surface area contributed by atoms with Crippen molar-refractivity contribution in [3.63, 3.8) is 0 Å². The third kappa shape index (κ3) is 6.57. The Morgan fingerprint density at radius 3 is 2.00 bits per heavy atom. The summed E-state index contributed by atoms with van der Waals surface area (Å²) in [7, 11) is 0. The maximum absolute atomic E-state index is 9.00. The van der Waals surface area contributed by atoms with Gasteiger partial charge in [0.25, 0.3) is 0 Å². The molecule has 0 saturated carbocycles. The van der Waals surface area contributed by atoms with Gasteiger partial charge in [0.15, 0.2) is 0 Å². The molecule has 50 valence electrons. The summed E-state index contributed by atoms with van der Waals surface area (Å²) in [6.45, 7) is 5.57. The molecule has 0 aromatic rings. The first-order valence-corrected chi connectivity index (χ1v) is 5.70. The molecule has 0 aromatic heterocycles. The van der Waals surface area contributed by atoms with Gasteiger partial charge in [0.05, 0.1) is 0 Å². The van der Waals surface area contributed by atoms with E-state index in [1.807, 2.05) is 13.8 Å². The molecule has 0 spiro atoms. The highest BCUT2D eigenvalue weighted by Gasteiger charge is 2.03. The van der Waals surface area contributed by atoms with Crippen molar-refractivity contribution in [2.45, 2.75) is 19.9 Å². The molecule has 0 aliphatic rings. The molecule has 0 aliphatic carbocycles. The van der Waals surface area contributed by atoms with Crippen molar-refractivity contribution in [2.24, 2.45) is 0 Å². The smallest absolute Gasteiger partial charge is 0.124 e. The van der Waals surface area contributed by atoms with E-state index in [4.69, 9.17) is 16.7 Å². The number of rotatable bonds is 2. The minimum atomic E-state index is -2.14. The van der Waals surface area contributed by atoms with E-state index >= 15 is 0 Å². The topological polar surface area (TPSA) is 32.3 Å². The molecule has 0 radical (unpaired) electrons. The van der Waals surface area contributed by atoms with Gasteiger partial charge in [-0.25, -0.2) is 0 Å². The van der Waals surface area contributed by atoms with Gasteiger partial charge in [0, 0.05) is 12.7 Å². The second kappa shape index (κ2) is 2.92. The molecule has 0 aromatic carbocycles. The molecule has 2 N–H and O–H groups in total. The standard InChI is InChI=1S/C4H12NOPS/c1-4(2)5-7(3,6)8/h4H,1-3H3,(H2,5,6,8). The first kappa shape index (κ1) is 8.57. The molecule has 1 atom stereocenters. The van der Waals surface area contributed by atoms with Crippen LogP contribution in [0.1, 0.15) is 13.8 Å². The molecule has 0 saturated heterocycles. The molecule has 0 bridgehead atoms. The van der Waals surface area contributed by atoms with Crippen LogP contribution in [0.3, 0.4) is 0 Å². The predicted molar refractivity (Wildman–Crippen MR) is 40.7 cm³/mol. The highest BCUT2D eigenvalue weighted by molar-refractivity contribution is 8.10. The van der Waals surface area contributed by atoms with Crippen molar-refractivity contribution < 1.29 is 4.89 Å². The minimum absolute atomic E-state index is 0.288. The van der Waals surface area contributed by atoms with E-state index in [1.165, 1.54) is 0 Å². The van der Waals surface area contributed by atoms with E-state index in [0.717, 1.165) is 0 Å². The summed E-state index contributed by atoms with van der Waals surface area (Å²) >= 11 is 4.72. The lowest BCUT2D eigenvalue weighted by Gasteiger charge is -2.13. The number of hydrogen-bond acceptors (Lipinski definition) is 1. The van der Waals surface area contributed by atoms with Crippen LogP contribution in [0.5, 0.6) is 0 Å². The average Bonchev–Trinajstić information content (AvgIpc) is 1.21. The van der Waals surface area contributed by atoms with Gasteiger partial charge in [0.2, 0.25) is 0 Å². The Labute approximate surface area is 55.4 Å².